The highest BCUT2D eigenvalue weighted by atomic mass is 16.6. The monoisotopic (exact) mass is 300 g/mol. The number of carbonyl (C=O) groups excluding carboxylic acids is 2. The Kier molecular flexibility index (Phi) is 3.73. The van der Waals surface area contributed by atoms with Crippen molar-refractivity contribution in [3.05, 3.63) is 29.8 Å². The van der Waals surface area contributed by atoms with E-state index < -0.39 is 11.5 Å². The molecule has 0 unspecified atom stereocenters. The number of terminal acetylenes is 1. The number of likely N-dealkylation sites (tertiary alicyclic amines) is 1. The number of anilines is 1. The molecule has 0 aliphatic carbocycles. The second kappa shape index (κ2) is 5.70. The Labute approximate surface area is 128 Å². The van der Waals surface area contributed by atoms with Gasteiger partial charge in [-0.2, -0.15) is 0 Å². The number of ether oxygens (including phenoxy) is 2. The van der Waals surface area contributed by atoms with E-state index in [1.165, 1.54) is 4.90 Å². The van der Waals surface area contributed by atoms with E-state index in [-0.39, 0.29) is 25.7 Å². The summed E-state index contributed by atoms with van der Waals surface area (Å²) in [5, 5.41) is 2.86. The van der Waals surface area contributed by atoms with Gasteiger partial charge in [0, 0.05) is 18.8 Å². The molecule has 1 saturated heterocycles. The minimum atomic E-state index is -0.629. The molecule has 6 nitrogen and oxygen atoms in total. The second-order valence-electron chi connectivity index (χ2n) is 5.31. The lowest BCUT2D eigenvalue weighted by Crippen LogP contribution is -2.64. The Bertz CT molecular complexity index is 644. The summed E-state index contributed by atoms with van der Waals surface area (Å²) in [7, 11) is 0. The van der Waals surface area contributed by atoms with Crippen LogP contribution in [0.3, 0.4) is 0 Å². The van der Waals surface area contributed by atoms with Gasteiger partial charge in [-0.1, -0.05) is 24.1 Å². The third-order valence-electron chi connectivity index (χ3n) is 3.94. The maximum atomic E-state index is 12.2. The smallest absolute Gasteiger partial charge is 0.409 e. The van der Waals surface area contributed by atoms with Gasteiger partial charge in [0.25, 0.3) is 0 Å². The SMILES string of the molecule is C#CCOCCOC(=O)N1CC2(C1)C(=O)Nc1ccccc12. The number of nitrogens with zero attached hydrogens (tertiary/aromatic N) is 1. The molecule has 1 N–H and O–H groups in total. The number of nitrogens with one attached hydrogen (secondary N) is 1. The first kappa shape index (κ1) is 14.4. The molecule has 1 fully saturated rings. The fraction of sp³-hybridized carbons (Fsp3) is 0.375. The summed E-state index contributed by atoms with van der Waals surface area (Å²) in [6.45, 7) is 1.27. The molecule has 1 spiro atoms. The van der Waals surface area contributed by atoms with Gasteiger partial charge in [-0.25, -0.2) is 4.79 Å². The van der Waals surface area contributed by atoms with Crippen LogP contribution >= 0.6 is 0 Å². The zero-order chi connectivity index (χ0) is 15.6. The van der Waals surface area contributed by atoms with Crippen molar-refractivity contribution < 1.29 is 19.1 Å². The largest absolute Gasteiger partial charge is 0.447 e. The summed E-state index contributed by atoms with van der Waals surface area (Å²) in [6.07, 6.45) is 4.60. The van der Waals surface area contributed by atoms with Gasteiger partial charge in [-0.05, 0) is 11.6 Å². The summed E-state index contributed by atoms with van der Waals surface area (Å²) in [4.78, 5) is 25.6. The summed E-state index contributed by atoms with van der Waals surface area (Å²) < 4.78 is 10.1. The van der Waals surface area contributed by atoms with Crippen LogP contribution in [0.5, 0.6) is 0 Å². The summed E-state index contributed by atoms with van der Waals surface area (Å²) in [5.74, 6) is 2.27. The molecule has 3 rings (SSSR count). The van der Waals surface area contributed by atoms with Crippen LogP contribution in [0, 0.1) is 12.3 Å². The molecule has 2 heterocycles. The van der Waals surface area contributed by atoms with E-state index >= 15 is 0 Å². The van der Waals surface area contributed by atoms with Crippen molar-refractivity contribution in [1.82, 2.24) is 4.90 Å². The number of benzene rings is 1. The summed E-state index contributed by atoms with van der Waals surface area (Å²) >= 11 is 0. The molecule has 6 heteroatoms. The Morgan fingerprint density at radius 1 is 1.36 bits per heavy atom. The lowest BCUT2D eigenvalue weighted by molar-refractivity contribution is -0.126. The van der Waals surface area contributed by atoms with Crippen LogP contribution in [0.1, 0.15) is 5.56 Å². The second-order valence-corrected chi connectivity index (χ2v) is 5.31. The minimum absolute atomic E-state index is 0.0601. The normalized spacial score (nSPS) is 17.4. The first-order valence-corrected chi connectivity index (χ1v) is 7.01. The number of carbonyl (C=O) groups is 2. The molecule has 2 aliphatic heterocycles. The molecule has 1 aromatic rings. The summed E-state index contributed by atoms with van der Waals surface area (Å²) in [6, 6.07) is 7.55. The lowest BCUT2D eigenvalue weighted by atomic mass is 9.75. The van der Waals surface area contributed by atoms with Crippen molar-refractivity contribution in [2.24, 2.45) is 0 Å². The first-order chi connectivity index (χ1) is 10.7. The van der Waals surface area contributed by atoms with Gasteiger partial charge in [-0.3, -0.25) is 4.79 Å². The molecule has 114 valence electrons. The van der Waals surface area contributed by atoms with Crippen LogP contribution in [0.2, 0.25) is 0 Å². The maximum Gasteiger partial charge on any atom is 0.409 e. The number of hydrogen-bond acceptors (Lipinski definition) is 4. The molecule has 0 bridgehead atoms. The van der Waals surface area contributed by atoms with Crippen LogP contribution in [-0.4, -0.2) is 49.8 Å². The van der Waals surface area contributed by atoms with Crippen LogP contribution < -0.4 is 5.32 Å². The zero-order valence-corrected chi connectivity index (χ0v) is 12.0. The van der Waals surface area contributed by atoms with E-state index in [2.05, 4.69) is 11.2 Å². The van der Waals surface area contributed by atoms with Crippen LogP contribution in [-0.2, 0) is 19.7 Å². The number of rotatable bonds is 4. The predicted octanol–water partition coefficient (Wildman–Crippen LogP) is 0.978. The number of hydrogen-bond donors (Lipinski definition) is 1. The molecule has 2 amide bonds. The molecular weight excluding hydrogens is 284 g/mol. The predicted molar refractivity (Wildman–Crippen MR) is 79.3 cm³/mol. The van der Waals surface area contributed by atoms with Gasteiger partial charge >= 0.3 is 6.09 Å². The minimum Gasteiger partial charge on any atom is -0.447 e. The summed E-state index contributed by atoms with van der Waals surface area (Å²) in [5.41, 5.74) is 1.14. The Morgan fingerprint density at radius 2 is 2.14 bits per heavy atom. The van der Waals surface area contributed by atoms with Crippen LogP contribution in [0.4, 0.5) is 10.5 Å². The van der Waals surface area contributed by atoms with E-state index in [1.807, 2.05) is 24.3 Å². The fourth-order valence-corrected chi connectivity index (χ4v) is 2.83. The van der Waals surface area contributed by atoms with Crippen LogP contribution in [0.25, 0.3) is 0 Å². The fourth-order valence-electron chi connectivity index (χ4n) is 2.83. The van der Waals surface area contributed by atoms with Gasteiger partial charge in [0.15, 0.2) is 0 Å². The third-order valence-corrected chi connectivity index (χ3v) is 3.94. The molecule has 0 saturated carbocycles. The Morgan fingerprint density at radius 3 is 2.91 bits per heavy atom. The average molecular weight is 300 g/mol. The van der Waals surface area contributed by atoms with Crippen molar-refractivity contribution in [2.75, 3.05) is 38.2 Å². The molecule has 0 aromatic heterocycles. The first-order valence-electron chi connectivity index (χ1n) is 7.01. The van der Waals surface area contributed by atoms with Crippen molar-refractivity contribution >= 4 is 17.7 Å². The quantitative estimate of drug-likeness (QED) is 0.665. The average Bonchev–Trinajstić information content (AvgIpc) is 2.77. The van der Waals surface area contributed by atoms with Crippen molar-refractivity contribution in [1.29, 1.82) is 0 Å². The molecule has 0 atom stereocenters. The van der Waals surface area contributed by atoms with Crippen molar-refractivity contribution in [2.45, 2.75) is 5.41 Å². The Balaban J connectivity index is 1.54. The van der Waals surface area contributed by atoms with E-state index in [9.17, 15) is 9.59 Å². The van der Waals surface area contributed by atoms with Gasteiger partial charge < -0.3 is 19.7 Å². The molecule has 22 heavy (non-hydrogen) atoms. The lowest BCUT2D eigenvalue weighted by Gasteiger charge is -2.45. The molecule has 0 radical (unpaired) electrons. The van der Waals surface area contributed by atoms with Gasteiger partial charge in [0.2, 0.25) is 5.91 Å². The van der Waals surface area contributed by atoms with E-state index in [4.69, 9.17) is 15.9 Å². The number of para-hydroxylation sites is 1. The van der Waals surface area contributed by atoms with Gasteiger partial charge in [0.05, 0.1) is 6.61 Å². The molecule has 2 aliphatic rings. The van der Waals surface area contributed by atoms with E-state index in [0.717, 1.165) is 11.3 Å². The topological polar surface area (TPSA) is 67.9 Å². The van der Waals surface area contributed by atoms with Crippen LogP contribution in [0.15, 0.2) is 24.3 Å². The van der Waals surface area contributed by atoms with Gasteiger partial charge in [-0.15, -0.1) is 6.42 Å². The zero-order valence-electron chi connectivity index (χ0n) is 12.0. The highest BCUT2D eigenvalue weighted by Gasteiger charge is 2.56. The maximum absolute atomic E-state index is 12.2. The standard InChI is InChI=1S/C16H16N2O4/c1-2-7-21-8-9-22-15(20)18-10-16(11-18)12-5-3-4-6-13(12)17-14(16)19/h1,3-6H,7-11H2,(H,17,19). The Hall–Kier alpha value is -2.52. The van der Waals surface area contributed by atoms with E-state index in [0.29, 0.717) is 13.1 Å². The number of fused-ring (bicyclic) bond motifs is 2. The van der Waals surface area contributed by atoms with Crippen molar-refractivity contribution in [3.8, 4) is 12.3 Å². The molecular formula is C16H16N2O4. The van der Waals surface area contributed by atoms with Crippen molar-refractivity contribution in [3.63, 3.8) is 0 Å². The molecule has 1 aromatic carbocycles. The highest BCUT2D eigenvalue weighted by molar-refractivity contribution is 6.08. The van der Waals surface area contributed by atoms with Gasteiger partial charge in [0.1, 0.15) is 18.6 Å². The van der Waals surface area contributed by atoms with E-state index in [1.54, 1.807) is 0 Å². The third kappa shape index (κ3) is 2.30. The number of amides is 2. The highest BCUT2D eigenvalue weighted by Crippen LogP contribution is 2.44.